The second kappa shape index (κ2) is 7.19. The number of aliphatic carboxylic acids is 2. The molecule has 4 aliphatic rings. The molecule has 2 aliphatic heterocycles. The molecule has 2 aliphatic carbocycles. The van der Waals surface area contributed by atoms with Crippen molar-refractivity contribution in [3.05, 3.63) is 0 Å². The summed E-state index contributed by atoms with van der Waals surface area (Å²) in [5, 5.41) is 38.9. The first kappa shape index (κ1) is 21.0. The Morgan fingerprint density at radius 1 is 0.767 bits per heavy atom. The first-order valence-electron chi connectivity index (χ1n) is 10.6. The average Bonchev–Trinajstić information content (AvgIpc) is 3.42. The van der Waals surface area contributed by atoms with Crippen LogP contribution in [-0.4, -0.2) is 90.4 Å². The Hall–Kier alpha value is -2.20. The van der Waals surface area contributed by atoms with E-state index in [0.29, 0.717) is 38.8 Å². The molecule has 0 bridgehead atoms. The van der Waals surface area contributed by atoms with Gasteiger partial charge in [0.25, 0.3) is 0 Å². The van der Waals surface area contributed by atoms with Crippen LogP contribution in [0.4, 0.5) is 0 Å². The minimum absolute atomic E-state index is 0.134. The normalized spacial score (nSPS) is 40.2. The molecule has 30 heavy (non-hydrogen) atoms. The lowest BCUT2D eigenvalue weighted by molar-refractivity contribution is -0.147. The highest BCUT2D eigenvalue weighted by Crippen LogP contribution is 2.52. The summed E-state index contributed by atoms with van der Waals surface area (Å²) in [6, 6.07) is 0. The number of hydrogen-bond acceptors (Lipinski definition) is 6. The Balaban J connectivity index is 1.32. The molecule has 0 aromatic carbocycles. The van der Waals surface area contributed by atoms with Crippen molar-refractivity contribution in [3.8, 4) is 0 Å². The molecular weight excluding hydrogens is 396 g/mol. The summed E-state index contributed by atoms with van der Waals surface area (Å²) < 4.78 is 0. The van der Waals surface area contributed by atoms with E-state index in [-0.39, 0.29) is 37.5 Å². The summed E-state index contributed by atoms with van der Waals surface area (Å²) in [6.45, 7) is 0.685. The van der Waals surface area contributed by atoms with Gasteiger partial charge in [-0.15, -0.1) is 0 Å². The third-order valence-electron chi connectivity index (χ3n) is 7.53. The minimum Gasteiger partial charge on any atom is -0.481 e. The molecule has 10 heteroatoms. The zero-order valence-electron chi connectivity index (χ0n) is 16.7. The van der Waals surface area contributed by atoms with Gasteiger partial charge in [-0.1, -0.05) is 0 Å². The molecule has 0 aromatic heterocycles. The maximum atomic E-state index is 12.4. The topological polar surface area (TPSA) is 155 Å². The zero-order valence-corrected chi connectivity index (χ0v) is 16.7. The molecule has 2 spiro atoms. The van der Waals surface area contributed by atoms with Gasteiger partial charge in [0.2, 0.25) is 11.8 Å². The molecule has 0 aromatic rings. The van der Waals surface area contributed by atoms with Gasteiger partial charge in [0.15, 0.2) is 0 Å². The summed E-state index contributed by atoms with van der Waals surface area (Å²) in [6.07, 6.45) is 1.25. The van der Waals surface area contributed by atoms with E-state index >= 15 is 0 Å². The van der Waals surface area contributed by atoms with Crippen molar-refractivity contribution < 1.29 is 39.6 Å². The Morgan fingerprint density at radius 2 is 1.13 bits per heavy atom. The van der Waals surface area contributed by atoms with Crippen LogP contribution in [0.25, 0.3) is 0 Å². The Labute approximate surface area is 173 Å². The van der Waals surface area contributed by atoms with Crippen molar-refractivity contribution in [2.45, 2.75) is 74.7 Å². The summed E-state index contributed by atoms with van der Waals surface area (Å²) in [4.78, 5) is 51.1. The number of aliphatic hydroxyl groups excluding tert-OH is 2. The number of rotatable bonds is 7. The smallest absolute Gasteiger partial charge is 0.309 e. The van der Waals surface area contributed by atoms with Gasteiger partial charge < -0.3 is 30.2 Å². The number of carbonyl (C=O) groups excluding carboxylic acids is 2. The number of amides is 2. The maximum Gasteiger partial charge on any atom is 0.309 e. The highest BCUT2D eigenvalue weighted by molar-refractivity contribution is 6.06. The second-order valence-corrected chi connectivity index (χ2v) is 9.12. The van der Waals surface area contributed by atoms with Crippen LogP contribution < -0.4 is 0 Å². The summed E-state index contributed by atoms with van der Waals surface area (Å²) >= 11 is 0. The fraction of sp³-hybridized carbons (Fsp3) is 0.800. The quantitative estimate of drug-likeness (QED) is 0.312. The van der Waals surface area contributed by atoms with Crippen molar-refractivity contribution in [2.24, 2.45) is 11.8 Å². The van der Waals surface area contributed by atoms with Gasteiger partial charge in [-0.25, -0.2) is 0 Å². The fourth-order valence-corrected chi connectivity index (χ4v) is 5.91. The number of carbonyl (C=O) groups is 4. The third kappa shape index (κ3) is 2.99. The fourth-order valence-electron chi connectivity index (χ4n) is 5.91. The van der Waals surface area contributed by atoms with E-state index in [1.807, 2.05) is 0 Å². The lowest BCUT2D eigenvalue weighted by atomic mass is 9.76. The number of carboxylic acid groups (broad SMARTS) is 2. The SMILES string of the molecule is O=C(O)C1CCC(O)CC12C(=O)N2CCCCN1C(=O)C12CC(O)CCC2C(=O)O. The van der Waals surface area contributed by atoms with Crippen molar-refractivity contribution in [3.63, 3.8) is 0 Å². The number of carboxylic acids is 2. The molecule has 6 atom stereocenters. The molecular formula is C20H28N2O8. The van der Waals surface area contributed by atoms with Gasteiger partial charge in [-0.2, -0.15) is 0 Å². The first-order valence-corrected chi connectivity index (χ1v) is 10.6. The van der Waals surface area contributed by atoms with Crippen LogP contribution in [0.5, 0.6) is 0 Å². The van der Waals surface area contributed by atoms with Crippen molar-refractivity contribution in [1.82, 2.24) is 9.80 Å². The third-order valence-corrected chi connectivity index (χ3v) is 7.53. The molecule has 0 radical (unpaired) electrons. The molecule has 10 nitrogen and oxygen atoms in total. The van der Waals surface area contributed by atoms with Crippen LogP contribution in [0.2, 0.25) is 0 Å². The predicted octanol–water partition coefficient (Wildman–Crippen LogP) is -0.580. The summed E-state index contributed by atoms with van der Waals surface area (Å²) in [7, 11) is 0. The molecule has 2 saturated heterocycles. The Kier molecular flexibility index (Phi) is 5.05. The molecule has 4 N–H and O–H groups in total. The van der Waals surface area contributed by atoms with Crippen LogP contribution in [-0.2, 0) is 19.2 Å². The zero-order chi connectivity index (χ0) is 21.8. The number of hydrogen-bond donors (Lipinski definition) is 4. The molecule has 6 unspecified atom stereocenters. The standard InChI is InChI=1S/C20H28N2O8/c23-11-3-5-13(15(25)26)19(9-11)17(29)21(19)7-1-2-8-22-18(30)20(22)10-12(24)4-6-14(20)16(27)28/h11-14,23-24H,1-10H2,(H,25,26)(H,27,28). The van der Waals surface area contributed by atoms with E-state index in [4.69, 9.17) is 0 Å². The molecule has 4 rings (SSSR count). The van der Waals surface area contributed by atoms with Crippen molar-refractivity contribution in [2.75, 3.05) is 13.1 Å². The van der Waals surface area contributed by atoms with E-state index in [9.17, 15) is 39.6 Å². The van der Waals surface area contributed by atoms with Crippen molar-refractivity contribution >= 4 is 23.8 Å². The number of unbranched alkanes of at least 4 members (excludes halogenated alkanes) is 1. The highest BCUT2D eigenvalue weighted by Gasteiger charge is 2.71. The first-order chi connectivity index (χ1) is 14.2. The monoisotopic (exact) mass is 424 g/mol. The second-order valence-electron chi connectivity index (χ2n) is 9.12. The van der Waals surface area contributed by atoms with Gasteiger partial charge >= 0.3 is 11.9 Å². The van der Waals surface area contributed by atoms with Crippen molar-refractivity contribution in [1.29, 1.82) is 0 Å². The van der Waals surface area contributed by atoms with Crippen LogP contribution in [0, 0.1) is 11.8 Å². The number of nitrogens with zero attached hydrogens (tertiary/aromatic N) is 2. The van der Waals surface area contributed by atoms with E-state index < -0.39 is 47.1 Å². The average molecular weight is 424 g/mol. The van der Waals surface area contributed by atoms with Gasteiger partial charge in [-0.05, 0) is 38.5 Å². The summed E-state index contributed by atoms with van der Waals surface area (Å²) in [5.74, 6) is -4.16. The lowest BCUT2D eigenvalue weighted by Crippen LogP contribution is -2.43. The van der Waals surface area contributed by atoms with E-state index in [0.717, 1.165) is 0 Å². The van der Waals surface area contributed by atoms with Gasteiger partial charge in [0, 0.05) is 25.9 Å². The van der Waals surface area contributed by atoms with Gasteiger partial charge in [0.05, 0.1) is 24.0 Å². The van der Waals surface area contributed by atoms with Crippen LogP contribution in [0.3, 0.4) is 0 Å². The van der Waals surface area contributed by atoms with E-state index in [1.54, 1.807) is 0 Å². The van der Waals surface area contributed by atoms with Gasteiger partial charge in [0.1, 0.15) is 11.1 Å². The van der Waals surface area contributed by atoms with Crippen LogP contribution in [0.15, 0.2) is 0 Å². The Morgan fingerprint density at radius 3 is 1.47 bits per heavy atom. The van der Waals surface area contributed by atoms with Crippen LogP contribution >= 0.6 is 0 Å². The molecule has 166 valence electrons. The van der Waals surface area contributed by atoms with E-state index in [2.05, 4.69) is 0 Å². The van der Waals surface area contributed by atoms with Crippen LogP contribution in [0.1, 0.15) is 51.4 Å². The number of aliphatic hydroxyl groups is 2. The predicted molar refractivity (Wildman–Crippen MR) is 100 cm³/mol. The van der Waals surface area contributed by atoms with Gasteiger partial charge in [-0.3, -0.25) is 19.2 Å². The Bertz CT molecular complexity index is 723. The minimum atomic E-state index is -1.11. The lowest BCUT2D eigenvalue weighted by Gasteiger charge is -2.31. The largest absolute Gasteiger partial charge is 0.481 e. The molecule has 2 saturated carbocycles. The summed E-state index contributed by atoms with van der Waals surface area (Å²) in [5.41, 5.74) is -2.22. The molecule has 4 fully saturated rings. The maximum absolute atomic E-state index is 12.4. The van der Waals surface area contributed by atoms with E-state index in [1.165, 1.54) is 9.80 Å². The molecule has 2 amide bonds. The highest BCUT2D eigenvalue weighted by atomic mass is 16.4. The molecule has 2 heterocycles.